The van der Waals surface area contributed by atoms with Crippen LogP contribution in [-0.2, 0) is 13.0 Å². The van der Waals surface area contributed by atoms with Crippen LogP contribution in [0.25, 0.3) is 0 Å². The third-order valence-corrected chi connectivity index (χ3v) is 6.02. The molecule has 2 aromatic heterocycles. The Labute approximate surface area is 186 Å². The summed E-state index contributed by atoms with van der Waals surface area (Å²) in [7, 11) is 0. The lowest BCUT2D eigenvalue weighted by Gasteiger charge is -2.42. The molecular weight excluding hydrogens is 418 g/mol. The van der Waals surface area contributed by atoms with Gasteiger partial charge in [0.2, 0.25) is 11.8 Å². The van der Waals surface area contributed by atoms with Crippen LogP contribution in [0.15, 0.2) is 18.7 Å². The van der Waals surface area contributed by atoms with Gasteiger partial charge in [-0.15, -0.1) is 0 Å². The lowest BCUT2D eigenvalue weighted by atomic mass is 9.65. The Bertz CT molecular complexity index is 974. The second-order valence-electron chi connectivity index (χ2n) is 8.90. The number of alkyl halides is 2. The molecule has 2 aromatic rings. The molecule has 3 rings (SSSR count). The topological polar surface area (TPSA) is 117 Å². The minimum atomic E-state index is -2.98. The second kappa shape index (κ2) is 9.69. The van der Waals surface area contributed by atoms with Crippen LogP contribution in [0.4, 0.5) is 14.7 Å². The Hall–Kier alpha value is -2.93. The first-order valence-corrected chi connectivity index (χ1v) is 10.6. The summed E-state index contributed by atoms with van der Waals surface area (Å²) in [4.78, 5) is 16.6. The molecule has 1 aliphatic rings. The molecule has 0 radical (unpaired) electrons. The van der Waals surface area contributed by atoms with Crippen LogP contribution in [0.5, 0.6) is 5.88 Å². The summed E-state index contributed by atoms with van der Waals surface area (Å²) >= 11 is 0. The van der Waals surface area contributed by atoms with Crippen LogP contribution >= 0.6 is 0 Å². The smallest absolute Gasteiger partial charge is 0.278 e. The lowest BCUT2D eigenvalue weighted by molar-refractivity contribution is -0.0295. The van der Waals surface area contributed by atoms with Crippen molar-refractivity contribution in [2.45, 2.75) is 65.0 Å². The summed E-state index contributed by atoms with van der Waals surface area (Å²) in [5.41, 5.74) is 1.20. The quantitative estimate of drug-likeness (QED) is 0.633. The Morgan fingerprint density at radius 1 is 1.31 bits per heavy atom. The first-order chi connectivity index (χ1) is 15.1. The zero-order valence-corrected chi connectivity index (χ0v) is 18.5. The van der Waals surface area contributed by atoms with E-state index in [1.165, 1.54) is 18.7 Å². The molecule has 2 heterocycles. The fraction of sp³-hybridized carbons (Fsp3) is 0.591. The third kappa shape index (κ3) is 5.85. The highest BCUT2D eigenvalue weighted by Crippen LogP contribution is 2.42. The Morgan fingerprint density at radius 3 is 2.81 bits per heavy atom. The number of rotatable bonds is 8. The van der Waals surface area contributed by atoms with Crippen LogP contribution in [0.3, 0.4) is 0 Å². The summed E-state index contributed by atoms with van der Waals surface area (Å²) in [6.45, 7) is 4.22. The number of aromatic nitrogens is 4. The van der Waals surface area contributed by atoms with Gasteiger partial charge < -0.3 is 15.2 Å². The number of aliphatic hydroxyl groups is 1. The lowest BCUT2D eigenvalue weighted by Crippen LogP contribution is -2.41. The van der Waals surface area contributed by atoms with E-state index in [0.29, 0.717) is 29.2 Å². The largest absolute Gasteiger partial charge is 0.471 e. The van der Waals surface area contributed by atoms with Gasteiger partial charge in [-0.2, -0.15) is 5.26 Å². The molecule has 0 saturated heterocycles. The van der Waals surface area contributed by atoms with Crippen LogP contribution < -0.4 is 10.1 Å². The third-order valence-electron chi connectivity index (χ3n) is 6.02. The van der Waals surface area contributed by atoms with Gasteiger partial charge in [0.15, 0.2) is 6.61 Å². The maximum Gasteiger partial charge on any atom is 0.278 e. The van der Waals surface area contributed by atoms with Gasteiger partial charge in [0.05, 0.1) is 29.1 Å². The minimum absolute atomic E-state index is 0.0563. The summed E-state index contributed by atoms with van der Waals surface area (Å²) < 4.78 is 31.4. The van der Waals surface area contributed by atoms with Gasteiger partial charge in [0.1, 0.15) is 12.4 Å². The molecule has 172 valence electrons. The molecule has 10 heteroatoms. The molecule has 1 aliphatic carbocycles. The highest BCUT2D eigenvalue weighted by Gasteiger charge is 2.39. The van der Waals surface area contributed by atoms with E-state index in [-0.39, 0.29) is 23.8 Å². The number of nitrogens with zero attached hydrogens (tertiary/aromatic N) is 5. The van der Waals surface area contributed by atoms with Gasteiger partial charge >= 0.3 is 0 Å². The van der Waals surface area contributed by atoms with Crippen molar-refractivity contribution in [3.05, 3.63) is 35.5 Å². The molecule has 0 unspecified atom stereocenters. The predicted octanol–water partition coefficient (Wildman–Crippen LogP) is 3.51. The number of hydrogen-bond donors (Lipinski definition) is 2. The van der Waals surface area contributed by atoms with Crippen molar-refractivity contribution in [1.82, 2.24) is 19.9 Å². The Kier molecular flexibility index (Phi) is 7.19. The van der Waals surface area contributed by atoms with E-state index in [1.54, 1.807) is 0 Å². The van der Waals surface area contributed by atoms with Gasteiger partial charge in [-0.3, -0.25) is 0 Å². The van der Waals surface area contributed by atoms with Gasteiger partial charge in [-0.25, -0.2) is 28.7 Å². The normalized spacial score (nSPS) is 20.4. The number of halogens is 2. The molecule has 1 saturated carbocycles. The minimum Gasteiger partial charge on any atom is -0.471 e. The average Bonchev–Trinajstić information content (AvgIpc) is 2.74. The summed E-state index contributed by atoms with van der Waals surface area (Å²) in [6, 6.07) is 2.14. The van der Waals surface area contributed by atoms with Gasteiger partial charge in [-0.1, -0.05) is 20.3 Å². The molecule has 2 atom stereocenters. The van der Waals surface area contributed by atoms with Gasteiger partial charge in [0.25, 0.3) is 5.92 Å². The maximum absolute atomic E-state index is 13.1. The van der Waals surface area contributed by atoms with Crippen molar-refractivity contribution in [2.24, 2.45) is 11.3 Å². The van der Waals surface area contributed by atoms with E-state index in [9.17, 15) is 19.1 Å². The van der Waals surface area contributed by atoms with E-state index in [0.717, 1.165) is 26.2 Å². The van der Waals surface area contributed by atoms with Crippen LogP contribution in [0.2, 0.25) is 0 Å². The monoisotopic (exact) mass is 446 g/mol. The molecule has 0 amide bonds. The molecule has 32 heavy (non-hydrogen) atoms. The summed E-state index contributed by atoms with van der Waals surface area (Å²) in [5, 5.41) is 22.9. The number of nitrogens with one attached hydrogen (secondary N) is 1. The van der Waals surface area contributed by atoms with Crippen molar-refractivity contribution in [1.29, 1.82) is 5.26 Å². The first-order valence-electron chi connectivity index (χ1n) is 10.6. The molecule has 0 spiro atoms. The zero-order valence-electron chi connectivity index (χ0n) is 18.5. The van der Waals surface area contributed by atoms with Crippen LogP contribution in [0, 0.1) is 22.7 Å². The predicted molar refractivity (Wildman–Crippen MR) is 113 cm³/mol. The molecule has 2 N–H and O–H groups in total. The summed E-state index contributed by atoms with van der Waals surface area (Å²) in [5.74, 6) is -2.45. The van der Waals surface area contributed by atoms with Crippen molar-refractivity contribution in [3.8, 4) is 11.9 Å². The Balaban J connectivity index is 1.74. The fourth-order valence-corrected chi connectivity index (χ4v) is 3.89. The van der Waals surface area contributed by atoms with Crippen molar-refractivity contribution >= 4 is 5.95 Å². The van der Waals surface area contributed by atoms with E-state index >= 15 is 0 Å². The highest BCUT2D eigenvalue weighted by atomic mass is 19.3. The summed E-state index contributed by atoms with van der Waals surface area (Å²) in [6.07, 6.45) is 6.98. The standard InChI is InChI=1S/C22H28F2N6O2/c1-21(2)16(5-4-6-18(21)31)7-17-14(8-25)10-27-20(30-17)28-11-15-9-26-13-29-19(15)32-12-22(3,23)24/h9-10,13,16,18,31H,4-7,11-12H2,1-3H3,(H,27,28,30)/t16-,18+/m1/s1. The SMILES string of the molecule is CC(F)(F)COc1ncncc1CNc1ncc(C#N)c(C[C@H]2CCC[C@H](O)C2(C)C)n1. The Morgan fingerprint density at radius 2 is 2.09 bits per heavy atom. The number of aliphatic hydroxyl groups excluding tert-OH is 1. The molecule has 1 fully saturated rings. The molecule has 0 aromatic carbocycles. The highest BCUT2D eigenvalue weighted by molar-refractivity contribution is 5.38. The second-order valence-corrected chi connectivity index (χ2v) is 8.90. The first kappa shape index (κ1) is 23.7. The fourth-order valence-electron chi connectivity index (χ4n) is 3.89. The van der Waals surface area contributed by atoms with Gasteiger partial charge in [0, 0.05) is 19.7 Å². The van der Waals surface area contributed by atoms with E-state index in [4.69, 9.17) is 4.74 Å². The van der Waals surface area contributed by atoms with Gasteiger partial charge in [-0.05, 0) is 30.6 Å². The maximum atomic E-state index is 13.1. The van der Waals surface area contributed by atoms with E-state index in [2.05, 4.69) is 31.3 Å². The van der Waals surface area contributed by atoms with Crippen molar-refractivity contribution < 1.29 is 18.6 Å². The number of anilines is 1. The van der Waals surface area contributed by atoms with Crippen LogP contribution in [0.1, 0.15) is 56.9 Å². The van der Waals surface area contributed by atoms with Crippen molar-refractivity contribution in [2.75, 3.05) is 11.9 Å². The van der Waals surface area contributed by atoms with Crippen molar-refractivity contribution in [3.63, 3.8) is 0 Å². The zero-order chi connectivity index (χ0) is 23.4. The van der Waals surface area contributed by atoms with E-state index in [1.807, 2.05) is 13.8 Å². The molecule has 8 nitrogen and oxygen atoms in total. The molecular formula is C22H28F2N6O2. The van der Waals surface area contributed by atoms with Crippen LogP contribution in [-0.4, -0.2) is 43.7 Å². The number of ether oxygens (including phenoxy) is 1. The number of hydrogen-bond acceptors (Lipinski definition) is 8. The van der Waals surface area contributed by atoms with E-state index < -0.39 is 18.6 Å². The molecule has 0 aliphatic heterocycles. The average molecular weight is 447 g/mol. The molecule has 0 bridgehead atoms. The number of nitriles is 1.